The second-order valence-corrected chi connectivity index (χ2v) is 8.60. The van der Waals surface area contributed by atoms with E-state index in [2.05, 4.69) is 28.7 Å². The molecule has 0 N–H and O–H groups in total. The fourth-order valence-corrected chi connectivity index (χ4v) is 4.11. The lowest BCUT2D eigenvalue weighted by Crippen LogP contribution is -2.40. The number of para-hydroxylation sites is 1. The van der Waals surface area contributed by atoms with E-state index in [4.69, 9.17) is 0 Å². The molecule has 0 atom stereocenters. The molecule has 31 heavy (non-hydrogen) atoms. The van der Waals surface area contributed by atoms with Crippen LogP contribution in [0, 0.1) is 12.8 Å². The van der Waals surface area contributed by atoms with E-state index in [0.29, 0.717) is 36.8 Å². The average Bonchev–Trinajstić information content (AvgIpc) is 2.76. The van der Waals surface area contributed by atoms with E-state index in [-0.39, 0.29) is 11.8 Å². The maximum atomic E-state index is 13.5. The van der Waals surface area contributed by atoms with Crippen LogP contribution in [0.1, 0.15) is 48.8 Å². The number of hydrogen-bond donors (Lipinski definition) is 0. The normalized spacial score (nSPS) is 16.0. The van der Waals surface area contributed by atoms with Gasteiger partial charge in [0.1, 0.15) is 6.33 Å². The molecule has 2 amide bonds. The van der Waals surface area contributed by atoms with Gasteiger partial charge < -0.3 is 14.7 Å². The van der Waals surface area contributed by atoms with Crippen LogP contribution in [0.2, 0.25) is 0 Å². The number of carbonyl (C=O) groups excluding carboxylic acids is 2. The van der Waals surface area contributed by atoms with E-state index in [1.807, 2.05) is 41.0 Å². The van der Waals surface area contributed by atoms with Crippen LogP contribution in [0.25, 0.3) is 0 Å². The molecule has 1 aromatic carbocycles. The Kier molecular flexibility index (Phi) is 7.74. The molecule has 0 aliphatic carbocycles. The zero-order chi connectivity index (χ0) is 22.4. The summed E-state index contributed by atoms with van der Waals surface area (Å²) in [7, 11) is 0. The number of fused-ring (bicyclic) bond motifs is 1. The number of aryl methyl sites for hydroxylation is 1. The Morgan fingerprint density at radius 3 is 2.58 bits per heavy atom. The molecule has 7 heteroatoms. The molecule has 0 spiro atoms. The first-order chi connectivity index (χ1) is 14.9. The number of hydrogen-bond acceptors (Lipinski definition) is 5. The summed E-state index contributed by atoms with van der Waals surface area (Å²) < 4.78 is 0. The third-order valence-corrected chi connectivity index (χ3v) is 5.62. The fourth-order valence-electron chi connectivity index (χ4n) is 4.11. The molecule has 0 unspecified atom stereocenters. The van der Waals surface area contributed by atoms with Gasteiger partial charge in [0.25, 0.3) is 5.91 Å². The Bertz CT molecular complexity index is 914. The van der Waals surface area contributed by atoms with Crippen LogP contribution < -0.4 is 4.90 Å². The minimum Gasteiger partial charge on any atom is -0.333 e. The van der Waals surface area contributed by atoms with Crippen LogP contribution >= 0.6 is 0 Å². The van der Waals surface area contributed by atoms with Crippen LogP contribution in [0.4, 0.5) is 5.69 Å². The van der Waals surface area contributed by atoms with Gasteiger partial charge in [-0.05, 0) is 37.4 Å². The lowest BCUT2D eigenvalue weighted by Gasteiger charge is -2.29. The molecule has 0 radical (unpaired) electrons. The van der Waals surface area contributed by atoms with Gasteiger partial charge in [0.2, 0.25) is 5.91 Å². The summed E-state index contributed by atoms with van der Waals surface area (Å²) in [6.07, 6.45) is 3.94. The summed E-state index contributed by atoms with van der Waals surface area (Å²) in [5.74, 6) is 0.471. The van der Waals surface area contributed by atoms with Gasteiger partial charge >= 0.3 is 0 Å². The highest BCUT2D eigenvalue weighted by atomic mass is 16.2. The molecule has 166 valence electrons. The molecule has 0 saturated carbocycles. The topological polar surface area (TPSA) is 69.6 Å². The first-order valence-corrected chi connectivity index (χ1v) is 11.0. The van der Waals surface area contributed by atoms with Gasteiger partial charge in [0, 0.05) is 51.5 Å². The fraction of sp³-hybridized carbons (Fsp3) is 0.500. The number of amides is 2. The van der Waals surface area contributed by atoms with Crippen molar-refractivity contribution in [2.75, 3.05) is 37.6 Å². The van der Waals surface area contributed by atoms with Gasteiger partial charge in [-0.3, -0.25) is 9.59 Å². The first kappa shape index (κ1) is 22.9. The van der Waals surface area contributed by atoms with Gasteiger partial charge in [0.05, 0.1) is 11.3 Å². The van der Waals surface area contributed by atoms with E-state index in [1.165, 1.54) is 6.33 Å². The van der Waals surface area contributed by atoms with Crippen LogP contribution in [-0.2, 0) is 11.3 Å². The van der Waals surface area contributed by atoms with Gasteiger partial charge in [0.15, 0.2) is 0 Å². The maximum Gasteiger partial charge on any atom is 0.257 e. The minimum absolute atomic E-state index is 0.0206. The molecule has 3 rings (SSSR count). The molecule has 1 aliphatic heterocycles. The van der Waals surface area contributed by atoms with Crippen LogP contribution in [0.5, 0.6) is 0 Å². The van der Waals surface area contributed by atoms with E-state index in [1.54, 1.807) is 13.1 Å². The second kappa shape index (κ2) is 10.5. The predicted molar refractivity (Wildman–Crippen MR) is 122 cm³/mol. The predicted octanol–water partition coefficient (Wildman–Crippen LogP) is 3.14. The highest BCUT2D eigenvalue weighted by Crippen LogP contribution is 2.24. The van der Waals surface area contributed by atoms with Crippen molar-refractivity contribution < 1.29 is 9.59 Å². The van der Waals surface area contributed by atoms with Gasteiger partial charge in [-0.15, -0.1) is 0 Å². The van der Waals surface area contributed by atoms with Crippen molar-refractivity contribution in [3.63, 3.8) is 0 Å². The van der Waals surface area contributed by atoms with Crippen molar-refractivity contribution in [1.29, 1.82) is 0 Å². The molecule has 7 nitrogen and oxygen atoms in total. The second-order valence-electron chi connectivity index (χ2n) is 8.60. The van der Waals surface area contributed by atoms with E-state index in [0.717, 1.165) is 37.3 Å². The highest BCUT2D eigenvalue weighted by Gasteiger charge is 2.24. The Morgan fingerprint density at radius 2 is 1.87 bits per heavy atom. The molecular formula is C24H33N5O2. The van der Waals surface area contributed by atoms with E-state index >= 15 is 0 Å². The molecule has 1 aromatic heterocycles. The van der Waals surface area contributed by atoms with Crippen LogP contribution in [0.15, 0.2) is 36.8 Å². The summed E-state index contributed by atoms with van der Waals surface area (Å²) in [6.45, 7) is 12.2. The largest absolute Gasteiger partial charge is 0.333 e. The van der Waals surface area contributed by atoms with Crippen molar-refractivity contribution in [2.24, 2.45) is 5.92 Å². The Hall–Kier alpha value is -2.80. The van der Waals surface area contributed by atoms with E-state index in [9.17, 15) is 9.59 Å². The number of anilines is 1. The number of carbonyl (C=O) groups is 2. The lowest BCUT2D eigenvalue weighted by molar-refractivity contribution is -0.116. The third kappa shape index (κ3) is 5.88. The monoisotopic (exact) mass is 423 g/mol. The molecule has 0 fully saturated rings. The molecule has 0 bridgehead atoms. The van der Waals surface area contributed by atoms with Crippen molar-refractivity contribution in [1.82, 2.24) is 19.8 Å². The number of nitrogens with zero attached hydrogens (tertiary/aromatic N) is 5. The van der Waals surface area contributed by atoms with Crippen molar-refractivity contribution in [3.05, 3.63) is 53.6 Å². The summed E-state index contributed by atoms with van der Waals surface area (Å²) in [4.78, 5) is 40.3. The third-order valence-electron chi connectivity index (χ3n) is 5.62. The summed E-state index contributed by atoms with van der Waals surface area (Å²) in [5.41, 5.74) is 3.05. The Balaban J connectivity index is 1.98. The number of benzene rings is 1. The highest BCUT2D eigenvalue weighted by molar-refractivity contribution is 5.95. The number of rotatable bonds is 3. The molecule has 0 saturated heterocycles. The van der Waals surface area contributed by atoms with Gasteiger partial charge in [-0.1, -0.05) is 32.0 Å². The van der Waals surface area contributed by atoms with Gasteiger partial charge in [-0.2, -0.15) is 0 Å². The Labute approximate surface area is 185 Å². The summed E-state index contributed by atoms with van der Waals surface area (Å²) in [5, 5.41) is 0. The molecule has 2 aromatic rings. The summed E-state index contributed by atoms with van der Waals surface area (Å²) in [6, 6.07) is 7.88. The van der Waals surface area contributed by atoms with Crippen molar-refractivity contribution in [3.8, 4) is 0 Å². The molecule has 1 aliphatic rings. The summed E-state index contributed by atoms with van der Waals surface area (Å²) >= 11 is 0. The number of aromatic nitrogens is 2. The Morgan fingerprint density at radius 1 is 1.10 bits per heavy atom. The smallest absolute Gasteiger partial charge is 0.257 e. The van der Waals surface area contributed by atoms with Crippen LogP contribution in [0.3, 0.4) is 0 Å². The molecular weight excluding hydrogens is 390 g/mol. The average molecular weight is 424 g/mol. The standard InChI is InChI=1S/C24H33N5O2/c1-18(2)15-27-10-7-11-29(20(4)30)23-9-6-5-8-21(23)16-28(13-12-27)24(31)22-14-25-17-26-19(22)3/h5-6,8-9,14,17-18H,7,10-13,15-16H2,1-4H3. The maximum absolute atomic E-state index is 13.5. The van der Waals surface area contributed by atoms with Crippen LogP contribution in [-0.4, -0.2) is 64.3 Å². The lowest BCUT2D eigenvalue weighted by atomic mass is 10.1. The molecule has 2 heterocycles. The SMILES string of the molecule is CC(=O)N1CCCN(CC(C)C)CCN(C(=O)c2cncnc2C)Cc2ccccc21. The minimum atomic E-state index is -0.0778. The van der Waals surface area contributed by atoms with E-state index < -0.39 is 0 Å². The first-order valence-electron chi connectivity index (χ1n) is 11.0. The zero-order valence-electron chi connectivity index (χ0n) is 19.0. The van der Waals surface area contributed by atoms with Crippen molar-refractivity contribution in [2.45, 2.75) is 40.7 Å². The van der Waals surface area contributed by atoms with Gasteiger partial charge in [-0.25, -0.2) is 9.97 Å². The zero-order valence-corrected chi connectivity index (χ0v) is 19.0. The van der Waals surface area contributed by atoms with Crippen molar-refractivity contribution >= 4 is 17.5 Å². The quantitative estimate of drug-likeness (QED) is 0.759.